The van der Waals surface area contributed by atoms with E-state index in [9.17, 15) is 5.41 Å². The Hall–Kier alpha value is -8.12. The van der Waals surface area contributed by atoms with Crippen LogP contribution < -0.4 is 5.32 Å². The van der Waals surface area contributed by atoms with E-state index in [0.717, 1.165) is 45.8 Å². The van der Waals surface area contributed by atoms with Crippen molar-refractivity contribution < 1.29 is 0 Å². The van der Waals surface area contributed by atoms with Gasteiger partial charge in [-0.25, -0.2) is 0 Å². The summed E-state index contributed by atoms with van der Waals surface area (Å²) in [5.74, 6) is 0.921. The van der Waals surface area contributed by atoms with Crippen molar-refractivity contribution in [3.63, 3.8) is 0 Å². The molecule has 2 aliphatic rings. The quantitative estimate of drug-likeness (QED) is 0.116. The first-order chi connectivity index (χ1) is 35.1. The van der Waals surface area contributed by atoms with E-state index in [1.165, 1.54) is 93.2 Å². The molecular weight excluding hydrogens is 893 g/mol. The topological polar surface area (TPSA) is 53.2 Å². The maximum Gasteiger partial charge on any atom is 0.206 e. The lowest BCUT2D eigenvalue weighted by Crippen LogP contribution is -2.35. The molecule has 0 fully saturated rings. The standard InChI is InChI=1S/C67H56N4S/c1-42-62(46-23-12-7-13-24-46)43(2)64(44(3)63(42)47-25-14-8-15-26-47)51-30-20-29-49(37-51)60-35-36-61(72-60)50-33-34-52-54-39-55-53-31-18-19-32-58(53)71(59(55)40-57(54)67(4,5)56(52)38-50)66(68)70-65(48-27-16-9-17-28-48)69-41-45-21-10-6-11-22-45/h6-19,21-29,31-40H,20,30,41H2,1-5H3,(H2,68,69,70). The molecular formula is C67H56N4S. The summed E-state index contributed by atoms with van der Waals surface area (Å²) in [6, 6.07) is 67.2. The number of benzene rings is 8. The molecule has 2 N–H and O–H groups in total. The molecule has 12 rings (SSSR count). The molecule has 0 spiro atoms. The molecule has 2 aliphatic carbocycles. The van der Waals surface area contributed by atoms with E-state index < -0.39 is 0 Å². The molecule has 2 heterocycles. The van der Waals surface area contributed by atoms with Crippen LogP contribution in [0.2, 0.25) is 0 Å². The third kappa shape index (κ3) is 7.76. The number of hydrogen-bond donors (Lipinski definition) is 2. The highest BCUT2D eigenvalue weighted by Gasteiger charge is 2.37. The Bertz CT molecular complexity index is 3780. The van der Waals surface area contributed by atoms with E-state index in [1.54, 1.807) is 0 Å². The molecule has 5 heteroatoms. The van der Waals surface area contributed by atoms with E-state index >= 15 is 0 Å². The number of nitrogens with one attached hydrogen (secondary N) is 2. The molecule has 350 valence electrons. The molecule has 0 amide bonds. The van der Waals surface area contributed by atoms with Crippen molar-refractivity contribution in [3.05, 3.63) is 250 Å². The van der Waals surface area contributed by atoms with Crippen LogP contribution in [0.1, 0.15) is 76.1 Å². The Morgan fingerprint density at radius 2 is 1.18 bits per heavy atom. The summed E-state index contributed by atoms with van der Waals surface area (Å²) < 4.78 is 2.06. The molecule has 8 aromatic carbocycles. The van der Waals surface area contributed by atoms with Crippen molar-refractivity contribution in [3.8, 4) is 43.8 Å². The molecule has 0 atom stereocenters. The summed E-state index contributed by atoms with van der Waals surface area (Å²) >= 11 is 1.89. The van der Waals surface area contributed by atoms with Crippen LogP contribution >= 0.6 is 11.3 Å². The van der Waals surface area contributed by atoms with E-state index in [-0.39, 0.29) is 11.4 Å². The van der Waals surface area contributed by atoms with E-state index in [1.807, 2.05) is 59.9 Å². The van der Waals surface area contributed by atoms with Crippen molar-refractivity contribution in [2.45, 2.75) is 59.4 Å². The second kappa shape index (κ2) is 18.2. The SMILES string of the molecule is Cc1c(C2=CC(c3ccc(-c4ccc5c(c4)C(C)(C)c4cc6c(cc4-5)c4ccccc4n6C(=N)NC(=NCc4ccccc4)c4ccccc4)s3)=CCC2)c(C)c(-c2ccccc2)c(C)c1-c1ccccc1. The second-order valence-corrected chi connectivity index (χ2v) is 21.0. The summed E-state index contributed by atoms with van der Waals surface area (Å²) in [5.41, 5.74) is 23.5. The van der Waals surface area contributed by atoms with E-state index in [0.29, 0.717) is 12.4 Å². The highest BCUT2D eigenvalue weighted by atomic mass is 32.1. The monoisotopic (exact) mass is 948 g/mol. The van der Waals surface area contributed by atoms with Crippen molar-refractivity contribution in [1.82, 2.24) is 9.88 Å². The minimum atomic E-state index is -0.275. The van der Waals surface area contributed by atoms with Gasteiger partial charge in [-0.15, -0.1) is 11.3 Å². The van der Waals surface area contributed by atoms with Crippen LogP contribution in [0.4, 0.5) is 0 Å². The number of nitrogens with zero attached hydrogens (tertiary/aromatic N) is 2. The maximum absolute atomic E-state index is 9.72. The molecule has 0 saturated heterocycles. The first-order valence-electron chi connectivity index (χ1n) is 25.1. The summed E-state index contributed by atoms with van der Waals surface area (Å²) in [6.45, 7) is 12.2. The molecule has 2 aromatic heterocycles. The Balaban J connectivity index is 0.881. The van der Waals surface area contributed by atoms with Gasteiger partial charge in [0.2, 0.25) is 5.96 Å². The minimum absolute atomic E-state index is 0.258. The molecule has 4 nitrogen and oxygen atoms in total. The van der Waals surface area contributed by atoms with Crippen LogP contribution in [0, 0.1) is 26.2 Å². The predicted octanol–water partition coefficient (Wildman–Crippen LogP) is 17.4. The highest BCUT2D eigenvalue weighted by molar-refractivity contribution is 7.16. The molecule has 0 aliphatic heterocycles. The van der Waals surface area contributed by atoms with Crippen molar-refractivity contribution in [2.75, 3.05) is 0 Å². The number of amidine groups is 1. The van der Waals surface area contributed by atoms with Crippen molar-refractivity contribution in [1.29, 1.82) is 5.41 Å². The molecule has 10 aromatic rings. The fourth-order valence-electron chi connectivity index (χ4n) is 11.8. The number of fused-ring (bicyclic) bond motifs is 6. The van der Waals surface area contributed by atoms with Gasteiger partial charge in [-0.2, -0.15) is 0 Å². The van der Waals surface area contributed by atoms with E-state index in [4.69, 9.17) is 4.99 Å². The third-order valence-corrected chi connectivity index (χ3v) is 16.4. The summed E-state index contributed by atoms with van der Waals surface area (Å²) in [7, 11) is 0. The summed E-state index contributed by atoms with van der Waals surface area (Å²) in [6.07, 6.45) is 6.93. The summed E-state index contributed by atoms with van der Waals surface area (Å²) in [4.78, 5) is 7.61. The zero-order valence-electron chi connectivity index (χ0n) is 41.5. The lowest BCUT2D eigenvalue weighted by Gasteiger charge is -2.26. The number of aliphatic imine (C=N–C) groups is 1. The van der Waals surface area contributed by atoms with Crippen LogP contribution in [-0.4, -0.2) is 16.4 Å². The van der Waals surface area contributed by atoms with Crippen LogP contribution in [0.25, 0.3) is 76.8 Å². The summed E-state index contributed by atoms with van der Waals surface area (Å²) in [5, 5.41) is 15.4. The van der Waals surface area contributed by atoms with Gasteiger partial charge in [-0.3, -0.25) is 15.0 Å². The fraction of sp³-hybridized carbons (Fsp3) is 0.134. The molecule has 72 heavy (non-hydrogen) atoms. The second-order valence-electron chi connectivity index (χ2n) is 19.9. The highest BCUT2D eigenvalue weighted by Crippen LogP contribution is 2.52. The van der Waals surface area contributed by atoms with Gasteiger partial charge in [-0.1, -0.05) is 178 Å². The Morgan fingerprint density at radius 1 is 0.583 bits per heavy atom. The van der Waals surface area contributed by atoms with Crippen LogP contribution in [0.3, 0.4) is 0 Å². The number of para-hydroxylation sites is 1. The third-order valence-electron chi connectivity index (χ3n) is 15.2. The van der Waals surface area contributed by atoms with Crippen molar-refractivity contribution in [2.24, 2.45) is 4.99 Å². The van der Waals surface area contributed by atoms with Gasteiger partial charge in [0.25, 0.3) is 0 Å². The van der Waals surface area contributed by atoms with Gasteiger partial charge in [-0.05, 0) is 159 Å². The first kappa shape index (κ1) is 45.0. The Kier molecular flexibility index (Phi) is 11.4. The van der Waals surface area contributed by atoms with Gasteiger partial charge < -0.3 is 5.32 Å². The van der Waals surface area contributed by atoms with Crippen LogP contribution in [0.5, 0.6) is 0 Å². The Morgan fingerprint density at radius 3 is 1.88 bits per heavy atom. The number of hydrogen-bond acceptors (Lipinski definition) is 3. The lowest BCUT2D eigenvalue weighted by molar-refractivity contribution is 0.661. The van der Waals surface area contributed by atoms with Gasteiger partial charge in [0.15, 0.2) is 0 Å². The predicted molar refractivity (Wildman–Crippen MR) is 306 cm³/mol. The van der Waals surface area contributed by atoms with E-state index in [2.05, 4.69) is 196 Å². The lowest BCUT2D eigenvalue weighted by atomic mass is 9.79. The van der Waals surface area contributed by atoms with Gasteiger partial charge in [0.05, 0.1) is 17.6 Å². The average Bonchev–Trinajstić information content (AvgIpc) is 4.10. The zero-order chi connectivity index (χ0) is 49.1. The zero-order valence-corrected chi connectivity index (χ0v) is 42.3. The van der Waals surface area contributed by atoms with Gasteiger partial charge >= 0.3 is 0 Å². The Labute approximate surface area is 426 Å². The van der Waals surface area contributed by atoms with Gasteiger partial charge in [0.1, 0.15) is 5.84 Å². The fourth-order valence-corrected chi connectivity index (χ4v) is 12.8. The first-order valence-corrected chi connectivity index (χ1v) is 25.9. The smallest absolute Gasteiger partial charge is 0.206 e. The number of allylic oxidation sites excluding steroid dienone is 4. The van der Waals surface area contributed by atoms with Crippen LogP contribution in [0.15, 0.2) is 205 Å². The van der Waals surface area contributed by atoms with Gasteiger partial charge in [0, 0.05) is 31.5 Å². The van der Waals surface area contributed by atoms with Crippen molar-refractivity contribution >= 4 is 56.1 Å². The number of rotatable bonds is 8. The number of aromatic nitrogens is 1. The molecule has 0 saturated carbocycles. The maximum atomic E-state index is 9.72. The number of thiophene rings is 1. The molecule has 0 radical (unpaired) electrons. The largest absolute Gasteiger partial charge is 0.310 e. The minimum Gasteiger partial charge on any atom is -0.310 e. The van der Waals surface area contributed by atoms with Crippen LogP contribution in [-0.2, 0) is 12.0 Å². The normalized spacial score (nSPS) is 14.0. The molecule has 0 bridgehead atoms. The molecule has 0 unspecified atom stereocenters. The average molecular weight is 949 g/mol.